The molecule has 0 fully saturated rings. The van der Waals surface area contributed by atoms with Gasteiger partial charge in [0.15, 0.2) is 0 Å². The molecular weight excluding hydrogens is 312 g/mol. The molecule has 0 bridgehead atoms. The summed E-state index contributed by atoms with van der Waals surface area (Å²) in [4.78, 5) is 14.7. The summed E-state index contributed by atoms with van der Waals surface area (Å²) < 4.78 is 5.69. The van der Waals surface area contributed by atoms with E-state index in [1.54, 1.807) is 0 Å². The van der Waals surface area contributed by atoms with Gasteiger partial charge in [0.05, 0.1) is 13.0 Å². The van der Waals surface area contributed by atoms with Crippen molar-refractivity contribution in [2.24, 2.45) is 5.92 Å². The lowest BCUT2D eigenvalue weighted by atomic mass is 9.99. The first kappa shape index (κ1) is 17.3. The van der Waals surface area contributed by atoms with Gasteiger partial charge in [-0.1, -0.05) is 32.0 Å². The highest BCUT2D eigenvalue weighted by Gasteiger charge is 2.23. The first-order chi connectivity index (χ1) is 12.0. The number of nitrogens with two attached hydrogens (primary N) is 1. The Labute approximate surface area is 149 Å². The SMILES string of the molecule is CC(C)COc1ccc(CC(=O)N2CCCc3c(N)cccc32)cc1. The van der Waals surface area contributed by atoms with Gasteiger partial charge in [-0.3, -0.25) is 4.79 Å². The Morgan fingerprint density at radius 2 is 1.96 bits per heavy atom. The van der Waals surface area contributed by atoms with Crippen LogP contribution in [0, 0.1) is 5.92 Å². The Balaban J connectivity index is 1.68. The summed E-state index contributed by atoms with van der Waals surface area (Å²) in [5, 5.41) is 0. The topological polar surface area (TPSA) is 55.6 Å². The number of hydrogen-bond acceptors (Lipinski definition) is 3. The number of ether oxygens (including phenoxy) is 1. The fourth-order valence-corrected chi connectivity index (χ4v) is 3.15. The molecule has 1 aliphatic rings. The predicted octanol–water partition coefficient (Wildman–Crippen LogP) is 3.83. The summed E-state index contributed by atoms with van der Waals surface area (Å²) in [7, 11) is 0. The van der Waals surface area contributed by atoms with E-state index in [-0.39, 0.29) is 5.91 Å². The van der Waals surface area contributed by atoms with E-state index in [1.165, 1.54) is 0 Å². The van der Waals surface area contributed by atoms with Gasteiger partial charge in [0.1, 0.15) is 5.75 Å². The summed E-state index contributed by atoms with van der Waals surface area (Å²) in [5.74, 6) is 1.45. The Morgan fingerprint density at radius 1 is 1.20 bits per heavy atom. The van der Waals surface area contributed by atoms with Gasteiger partial charge in [-0.15, -0.1) is 0 Å². The molecule has 0 spiro atoms. The van der Waals surface area contributed by atoms with Gasteiger partial charge in [-0.05, 0) is 54.2 Å². The van der Waals surface area contributed by atoms with Crippen LogP contribution in [0.1, 0.15) is 31.4 Å². The zero-order valence-electron chi connectivity index (χ0n) is 15.0. The van der Waals surface area contributed by atoms with Crippen LogP contribution in [-0.4, -0.2) is 19.1 Å². The van der Waals surface area contributed by atoms with E-state index in [1.807, 2.05) is 47.4 Å². The molecule has 1 aliphatic heterocycles. The molecule has 0 atom stereocenters. The fraction of sp³-hybridized carbons (Fsp3) is 0.381. The van der Waals surface area contributed by atoms with Gasteiger partial charge in [0.25, 0.3) is 0 Å². The van der Waals surface area contributed by atoms with Gasteiger partial charge in [-0.25, -0.2) is 0 Å². The standard InChI is InChI=1S/C21H26N2O2/c1-15(2)14-25-17-10-8-16(9-11-17)13-21(24)23-12-4-5-18-19(22)6-3-7-20(18)23/h3,6-11,15H,4-5,12-14,22H2,1-2H3. The molecule has 2 aromatic rings. The van der Waals surface area contributed by atoms with E-state index in [4.69, 9.17) is 10.5 Å². The van der Waals surface area contributed by atoms with E-state index >= 15 is 0 Å². The molecule has 0 aliphatic carbocycles. The third kappa shape index (κ3) is 4.13. The van der Waals surface area contributed by atoms with Crippen molar-refractivity contribution < 1.29 is 9.53 Å². The summed E-state index contributed by atoms with van der Waals surface area (Å²) in [6.07, 6.45) is 2.28. The second-order valence-corrected chi connectivity index (χ2v) is 7.02. The lowest BCUT2D eigenvalue weighted by Gasteiger charge is -2.30. The fourth-order valence-electron chi connectivity index (χ4n) is 3.15. The number of nitrogen functional groups attached to an aromatic ring is 1. The molecule has 0 saturated carbocycles. The number of rotatable bonds is 5. The number of amides is 1. The van der Waals surface area contributed by atoms with Gasteiger partial charge in [-0.2, -0.15) is 0 Å². The maximum Gasteiger partial charge on any atom is 0.231 e. The summed E-state index contributed by atoms with van der Waals surface area (Å²) >= 11 is 0. The average molecular weight is 338 g/mol. The second kappa shape index (κ2) is 7.60. The van der Waals surface area contributed by atoms with Crippen LogP contribution in [-0.2, 0) is 17.6 Å². The smallest absolute Gasteiger partial charge is 0.231 e. The Bertz CT molecular complexity index is 738. The number of carbonyl (C=O) groups is 1. The molecule has 0 aromatic heterocycles. The van der Waals surface area contributed by atoms with Gasteiger partial charge in [0, 0.05) is 17.9 Å². The zero-order chi connectivity index (χ0) is 17.8. The lowest BCUT2D eigenvalue weighted by molar-refractivity contribution is -0.118. The van der Waals surface area contributed by atoms with E-state index in [0.717, 1.165) is 47.6 Å². The van der Waals surface area contributed by atoms with Crippen molar-refractivity contribution in [3.63, 3.8) is 0 Å². The van der Waals surface area contributed by atoms with Crippen LogP contribution in [0.15, 0.2) is 42.5 Å². The van der Waals surface area contributed by atoms with Crippen molar-refractivity contribution >= 4 is 17.3 Å². The monoisotopic (exact) mass is 338 g/mol. The Kier molecular flexibility index (Phi) is 5.27. The maximum atomic E-state index is 12.8. The molecule has 3 rings (SSSR count). The third-order valence-corrected chi connectivity index (χ3v) is 4.45. The van der Waals surface area contributed by atoms with Gasteiger partial charge in [0.2, 0.25) is 5.91 Å². The number of benzene rings is 2. The molecule has 132 valence electrons. The molecular formula is C21H26N2O2. The maximum absolute atomic E-state index is 12.8. The largest absolute Gasteiger partial charge is 0.493 e. The first-order valence-electron chi connectivity index (χ1n) is 8.94. The highest BCUT2D eigenvalue weighted by molar-refractivity contribution is 5.96. The quantitative estimate of drug-likeness (QED) is 0.843. The number of hydrogen-bond donors (Lipinski definition) is 1. The molecule has 2 N–H and O–H groups in total. The number of carbonyl (C=O) groups excluding carboxylic acids is 1. The van der Waals surface area contributed by atoms with Crippen LogP contribution in [0.3, 0.4) is 0 Å². The first-order valence-corrected chi connectivity index (χ1v) is 8.94. The highest BCUT2D eigenvalue weighted by Crippen LogP contribution is 2.31. The van der Waals surface area contributed by atoms with E-state index in [2.05, 4.69) is 13.8 Å². The average Bonchev–Trinajstić information content (AvgIpc) is 2.61. The van der Waals surface area contributed by atoms with Crippen molar-refractivity contribution in [2.45, 2.75) is 33.1 Å². The van der Waals surface area contributed by atoms with Crippen LogP contribution in [0.4, 0.5) is 11.4 Å². The molecule has 1 heterocycles. The van der Waals surface area contributed by atoms with E-state index in [0.29, 0.717) is 18.9 Å². The normalized spacial score (nSPS) is 13.6. The predicted molar refractivity (Wildman–Crippen MR) is 102 cm³/mol. The van der Waals surface area contributed by atoms with Crippen molar-refractivity contribution in [1.82, 2.24) is 0 Å². The third-order valence-electron chi connectivity index (χ3n) is 4.45. The Morgan fingerprint density at radius 3 is 2.68 bits per heavy atom. The molecule has 25 heavy (non-hydrogen) atoms. The van der Waals surface area contributed by atoms with Crippen molar-refractivity contribution in [2.75, 3.05) is 23.8 Å². The van der Waals surface area contributed by atoms with Crippen LogP contribution in [0.5, 0.6) is 5.75 Å². The van der Waals surface area contributed by atoms with Gasteiger partial charge >= 0.3 is 0 Å². The number of fused-ring (bicyclic) bond motifs is 1. The minimum Gasteiger partial charge on any atom is -0.493 e. The molecule has 0 saturated heterocycles. The van der Waals surface area contributed by atoms with Gasteiger partial charge < -0.3 is 15.4 Å². The molecule has 0 unspecified atom stereocenters. The highest BCUT2D eigenvalue weighted by atomic mass is 16.5. The molecule has 1 amide bonds. The minimum absolute atomic E-state index is 0.113. The minimum atomic E-state index is 0.113. The van der Waals surface area contributed by atoms with E-state index in [9.17, 15) is 4.79 Å². The number of anilines is 2. The lowest BCUT2D eigenvalue weighted by Crippen LogP contribution is -2.36. The van der Waals surface area contributed by atoms with Crippen molar-refractivity contribution in [3.05, 3.63) is 53.6 Å². The van der Waals surface area contributed by atoms with Crippen LogP contribution in [0.25, 0.3) is 0 Å². The Hall–Kier alpha value is -2.49. The molecule has 4 heteroatoms. The van der Waals surface area contributed by atoms with E-state index < -0.39 is 0 Å². The van der Waals surface area contributed by atoms with Crippen LogP contribution in [0.2, 0.25) is 0 Å². The molecule has 2 aromatic carbocycles. The van der Waals surface area contributed by atoms with Crippen molar-refractivity contribution in [3.8, 4) is 5.75 Å². The summed E-state index contributed by atoms with van der Waals surface area (Å²) in [6, 6.07) is 13.6. The zero-order valence-corrected chi connectivity index (χ0v) is 15.0. The van der Waals surface area contributed by atoms with Crippen molar-refractivity contribution in [1.29, 1.82) is 0 Å². The van der Waals surface area contributed by atoms with Crippen LogP contribution >= 0.6 is 0 Å². The van der Waals surface area contributed by atoms with Crippen LogP contribution < -0.4 is 15.4 Å². The molecule has 4 nitrogen and oxygen atoms in total. The molecule has 0 radical (unpaired) electrons. The summed E-state index contributed by atoms with van der Waals surface area (Å²) in [6.45, 7) is 5.70. The number of nitrogens with zero attached hydrogens (tertiary/aromatic N) is 1. The summed E-state index contributed by atoms with van der Waals surface area (Å²) in [5.41, 5.74) is 9.91. The second-order valence-electron chi connectivity index (χ2n) is 7.02.